The Hall–Kier alpha value is -2.70. The van der Waals surface area contributed by atoms with Crippen molar-refractivity contribution in [1.29, 1.82) is 0 Å². The molecule has 5 N–H and O–H groups in total. The minimum atomic E-state index is -0.293. The highest BCUT2D eigenvalue weighted by Gasteiger charge is 2.16. The van der Waals surface area contributed by atoms with Gasteiger partial charge in [-0.05, 0) is 30.5 Å². The molecule has 0 saturated heterocycles. The molecule has 7 heteroatoms. The Morgan fingerprint density at radius 1 is 1.29 bits per heavy atom. The molecule has 128 valence electrons. The summed E-state index contributed by atoms with van der Waals surface area (Å²) in [6, 6.07) is 6.19. The van der Waals surface area contributed by atoms with Gasteiger partial charge in [-0.3, -0.25) is 10.1 Å². The SMILES string of the molecule is CCCCNc1nc(N)c(C(=O)NCCc2ccc(F)cc2)c[nH+]1. The van der Waals surface area contributed by atoms with Crippen LogP contribution in [0.3, 0.4) is 0 Å². The van der Waals surface area contributed by atoms with Gasteiger partial charge < -0.3 is 11.1 Å². The van der Waals surface area contributed by atoms with E-state index in [0.29, 0.717) is 24.5 Å². The quantitative estimate of drug-likeness (QED) is 0.643. The Balaban J connectivity index is 1.86. The number of aromatic nitrogens is 2. The Labute approximate surface area is 140 Å². The summed E-state index contributed by atoms with van der Waals surface area (Å²) >= 11 is 0. The number of nitrogens with two attached hydrogens (primary N) is 1. The van der Waals surface area contributed by atoms with E-state index < -0.39 is 0 Å². The van der Waals surface area contributed by atoms with Crippen molar-refractivity contribution >= 4 is 17.7 Å². The molecule has 1 aromatic heterocycles. The molecule has 0 aliphatic rings. The first-order chi connectivity index (χ1) is 11.6. The van der Waals surface area contributed by atoms with Gasteiger partial charge in [0.25, 0.3) is 5.91 Å². The fourth-order valence-electron chi connectivity index (χ4n) is 2.15. The number of aromatic amines is 1. The van der Waals surface area contributed by atoms with Gasteiger partial charge in [-0.15, -0.1) is 0 Å². The third-order valence-electron chi connectivity index (χ3n) is 3.54. The highest BCUT2D eigenvalue weighted by Crippen LogP contribution is 2.08. The predicted octanol–water partition coefficient (Wildman–Crippen LogP) is 1.80. The number of nitrogens with one attached hydrogen (secondary N) is 3. The Morgan fingerprint density at radius 3 is 2.71 bits per heavy atom. The average Bonchev–Trinajstić information content (AvgIpc) is 2.57. The minimum Gasteiger partial charge on any atom is -0.369 e. The number of halogens is 1. The topological polar surface area (TPSA) is 94.2 Å². The molecule has 1 heterocycles. The largest absolute Gasteiger partial charge is 0.391 e. The van der Waals surface area contributed by atoms with Crippen molar-refractivity contribution in [2.75, 3.05) is 24.1 Å². The summed E-state index contributed by atoms with van der Waals surface area (Å²) in [7, 11) is 0. The highest BCUT2D eigenvalue weighted by molar-refractivity contribution is 5.97. The molecule has 1 aromatic carbocycles. The maximum Gasteiger partial charge on any atom is 0.391 e. The Bertz CT molecular complexity index is 675. The summed E-state index contributed by atoms with van der Waals surface area (Å²) in [4.78, 5) is 19.2. The summed E-state index contributed by atoms with van der Waals surface area (Å²) in [6.45, 7) is 3.33. The van der Waals surface area contributed by atoms with Crippen LogP contribution in [0.25, 0.3) is 0 Å². The van der Waals surface area contributed by atoms with Crippen molar-refractivity contribution in [2.24, 2.45) is 0 Å². The van der Waals surface area contributed by atoms with Crippen LogP contribution < -0.4 is 21.4 Å². The number of nitrogen functional groups attached to an aromatic ring is 1. The highest BCUT2D eigenvalue weighted by atomic mass is 19.1. The molecule has 2 rings (SSSR count). The number of H-pyrrole nitrogens is 1. The number of amides is 1. The monoisotopic (exact) mass is 332 g/mol. The van der Waals surface area contributed by atoms with Gasteiger partial charge in [-0.2, -0.15) is 0 Å². The number of carbonyl (C=O) groups excluding carboxylic acids is 1. The second-order valence-electron chi connectivity index (χ2n) is 5.46. The number of unbranched alkanes of at least 4 members (excludes halogenated alkanes) is 1. The molecule has 0 radical (unpaired) electrons. The fourth-order valence-corrected chi connectivity index (χ4v) is 2.15. The van der Waals surface area contributed by atoms with Crippen molar-refractivity contribution in [3.8, 4) is 0 Å². The van der Waals surface area contributed by atoms with Crippen LogP contribution in [0.1, 0.15) is 35.7 Å². The number of carbonyl (C=O) groups is 1. The van der Waals surface area contributed by atoms with E-state index >= 15 is 0 Å². The molecule has 0 atom stereocenters. The van der Waals surface area contributed by atoms with Gasteiger partial charge in [-0.1, -0.05) is 30.5 Å². The van der Waals surface area contributed by atoms with E-state index in [0.717, 1.165) is 24.9 Å². The van der Waals surface area contributed by atoms with Crippen molar-refractivity contribution in [3.05, 3.63) is 47.4 Å². The zero-order valence-corrected chi connectivity index (χ0v) is 13.7. The first kappa shape index (κ1) is 17.7. The van der Waals surface area contributed by atoms with E-state index in [-0.39, 0.29) is 17.5 Å². The lowest BCUT2D eigenvalue weighted by atomic mass is 10.1. The molecule has 1 amide bonds. The molecule has 6 nitrogen and oxygen atoms in total. The standard InChI is InChI=1S/C17H22FN5O/c1-2-3-9-21-17-22-11-14(15(19)23-17)16(24)20-10-8-12-4-6-13(18)7-5-12/h4-7,11H,2-3,8-10H2,1H3,(H,20,24)(H3,19,21,22,23)/p+1. The van der Waals surface area contributed by atoms with Crippen LogP contribution in [-0.4, -0.2) is 24.0 Å². The van der Waals surface area contributed by atoms with Gasteiger partial charge in [0, 0.05) is 6.54 Å². The van der Waals surface area contributed by atoms with Gasteiger partial charge in [-0.25, -0.2) is 9.37 Å². The van der Waals surface area contributed by atoms with Gasteiger partial charge in [0.15, 0.2) is 0 Å². The number of hydrogen-bond donors (Lipinski definition) is 3. The van der Waals surface area contributed by atoms with Crippen molar-refractivity contribution in [3.63, 3.8) is 0 Å². The fraction of sp³-hybridized carbons (Fsp3) is 0.353. The van der Waals surface area contributed by atoms with Gasteiger partial charge in [0.05, 0.1) is 12.7 Å². The molecule has 0 fully saturated rings. The maximum absolute atomic E-state index is 12.8. The second kappa shape index (κ2) is 8.81. The molecule has 0 bridgehead atoms. The molecule has 0 spiro atoms. The lowest BCUT2D eigenvalue weighted by Crippen LogP contribution is -2.29. The van der Waals surface area contributed by atoms with Crippen LogP contribution in [0, 0.1) is 5.82 Å². The van der Waals surface area contributed by atoms with Crippen LogP contribution in [0.15, 0.2) is 30.5 Å². The van der Waals surface area contributed by atoms with E-state index in [9.17, 15) is 9.18 Å². The van der Waals surface area contributed by atoms with Crippen LogP contribution in [0.2, 0.25) is 0 Å². The van der Waals surface area contributed by atoms with Crippen LogP contribution in [0.5, 0.6) is 0 Å². The normalized spacial score (nSPS) is 10.4. The van der Waals surface area contributed by atoms with Gasteiger partial charge in [0.2, 0.25) is 5.82 Å². The Morgan fingerprint density at radius 2 is 2.04 bits per heavy atom. The average molecular weight is 332 g/mol. The summed E-state index contributed by atoms with van der Waals surface area (Å²) in [5.74, 6) is 0.152. The van der Waals surface area contributed by atoms with Crippen molar-refractivity contribution in [1.82, 2.24) is 10.3 Å². The second-order valence-corrected chi connectivity index (χ2v) is 5.46. The van der Waals surface area contributed by atoms with E-state index in [2.05, 4.69) is 27.5 Å². The third kappa shape index (κ3) is 5.19. The molecule has 24 heavy (non-hydrogen) atoms. The number of benzene rings is 1. The molecule has 0 unspecified atom stereocenters. The molecule has 0 aliphatic carbocycles. The summed E-state index contributed by atoms with van der Waals surface area (Å²) in [5, 5.41) is 5.89. The van der Waals surface area contributed by atoms with E-state index in [1.807, 2.05) is 0 Å². The first-order valence-electron chi connectivity index (χ1n) is 8.05. The third-order valence-corrected chi connectivity index (χ3v) is 3.54. The number of nitrogens with zero attached hydrogens (tertiary/aromatic N) is 1. The molecular formula is C17H23FN5O+. The number of rotatable bonds is 8. The van der Waals surface area contributed by atoms with E-state index in [1.54, 1.807) is 18.3 Å². The summed E-state index contributed by atoms with van der Waals surface area (Å²) in [6.07, 6.45) is 4.27. The lowest BCUT2D eigenvalue weighted by Gasteiger charge is -2.06. The van der Waals surface area contributed by atoms with Gasteiger partial charge >= 0.3 is 5.95 Å². The van der Waals surface area contributed by atoms with Gasteiger partial charge in [0.1, 0.15) is 11.4 Å². The molecule has 0 saturated carbocycles. The first-order valence-corrected chi connectivity index (χ1v) is 8.05. The Kier molecular flexibility index (Phi) is 6.48. The van der Waals surface area contributed by atoms with Crippen molar-refractivity contribution < 1.29 is 14.2 Å². The molecule has 2 aromatic rings. The van der Waals surface area contributed by atoms with Crippen LogP contribution >= 0.6 is 0 Å². The zero-order valence-electron chi connectivity index (χ0n) is 13.7. The smallest absolute Gasteiger partial charge is 0.369 e. The minimum absolute atomic E-state index is 0.173. The summed E-state index contributed by atoms with van der Waals surface area (Å²) < 4.78 is 12.8. The van der Waals surface area contributed by atoms with Crippen LogP contribution in [0.4, 0.5) is 16.2 Å². The zero-order chi connectivity index (χ0) is 17.4. The summed E-state index contributed by atoms with van der Waals surface area (Å²) in [5.41, 5.74) is 7.10. The predicted molar refractivity (Wildman–Crippen MR) is 91.0 cm³/mol. The molecule has 0 aliphatic heterocycles. The maximum atomic E-state index is 12.8. The lowest BCUT2D eigenvalue weighted by molar-refractivity contribution is -0.365. The molecular weight excluding hydrogens is 309 g/mol. The van der Waals surface area contributed by atoms with Crippen molar-refractivity contribution in [2.45, 2.75) is 26.2 Å². The number of anilines is 2. The van der Waals surface area contributed by atoms with Crippen LogP contribution in [-0.2, 0) is 6.42 Å². The van der Waals surface area contributed by atoms with E-state index in [4.69, 9.17) is 5.73 Å². The van der Waals surface area contributed by atoms with E-state index in [1.165, 1.54) is 12.1 Å². The number of hydrogen-bond acceptors (Lipinski definition) is 4.